The molecule has 1 heterocycles. The highest BCUT2D eigenvalue weighted by molar-refractivity contribution is 7.10. The van der Waals surface area contributed by atoms with Crippen LogP contribution >= 0.6 is 11.3 Å². The fourth-order valence-electron chi connectivity index (χ4n) is 1.39. The van der Waals surface area contributed by atoms with Crippen LogP contribution in [0.3, 0.4) is 0 Å². The summed E-state index contributed by atoms with van der Waals surface area (Å²) >= 11 is 1.56. The third-order valence-corrected chi connectivity index (χ3v) is 3.35. The van der Waals surface area contributed by atoms with Crippen molar-refractivity contribution >= 4 is 23.3 Å². The highest BCUT2D eigenvalue weighted by Gasteiger charge is 2.15. The summed E-state index contributed by atoms with van der Waals surface area (Å²) in [5.74, 6) is -1.04. The largest absolute Gasteiger partial charge is 0.480 e. The van der Waals surface area contributed by atoms with E-state index in [1.165, 1.54) is 11.0 Å². The molecular formula is C12H16N2O3S. The summed E-state index contributed by atoms with van der Waals surface area (Å²) in [4.78, 5) is 24.7. The van der Waals surface area contributed by atoms with Crippen LogP contribution in [0.4, 0.5) is 4.79 Å². The predicted octanol–water partition coefficient (Wildman–Crippen LogP) is 1.84. The smallest absolute Gasteiger partial charge is 0.323 e. The molecule has 0 aromatic carbocycles. The van der Waals surface area contributed by atoms with E-state index in [1.807, 2.05) is 18.4 Å². The van der Waals surface area contributed by atoms with Gasteiger partial charge in [-0.25, -0.2) is 4.79 Å². The van der Waals surface area contributed by atoms with Crippen LogP contribution in [0.1, 0.15) is 10.4 Å². The molecule has 1 rings (SSSR count). The van der Waals surface area contributed by atoms with Crippen molar-refractivity contribution in [3.8, 4) is 0 Å². The Bertz CT molecular complexity index is 442. The average Bonchev–Trinajstić information content (AvgIpc) is 2.70. The SMILES string of the molecule is C=CCN(CC(=O)O)C(=O)NCc1sccc1C. The van der Waals surface area contributed by atoms with Gasteiger partial charge in [0.25, 0.3) is 0 Å². The number of nitrogens with one attached hydrogen (secondary N) is 1. The lowest BCUT2D eigenvalue weighted by molar-refractivity contribution is -0.137. The first-order chi connectivity index (χ1) is 8.54. The second kappa shape index (κ2) is 6.80. The molecule has 0 spiro atoms. The molecule has 0 saturated heterocycles. The third kappa shape index (κ3) is 4.21. The number of nitrogens with zero attached hydrogens (tertiary/aromatic N) is 1. The van der Waals surface area contributed by atoms with Crippen molar-refractivity contribution in [2.75, 3.05) is 13.1 Å². The first kappa shape index (κ1) is 14.2. The van der Waals surface area contributed by atoms with Crippen LogP contribution in [0.25, 0.3) is 0 Å². The number of thiophene rings is 1. The molecule has 0 radical (unpaired) electrons. The van der Waals surface area contributed by atoms with Gasteiger partial charge in [-0.1, -0.05) is 6.08 Å². The summed E-state index contributed by atoms with van der Waals surface area (Å²) in [6.07, 6.45) is 1.50. The second-order valence-electron chi connectivity index (χ2n) is 3.75. The number of carboxylic acid groups (broad SMARTS) is 1. The Hall–Kier alpha value is -1.82. The molecule has 0 atom stereocenters. The zero-order chi connectivity index (χ0) is 13.5. The molecule has 0 aliphatic carbocycles. The van der Waals surface area contributed by atoms with Gasteiger partial charge in [0.2, 0.25) is 0 Å². The number of amides is 2. The van der Waals surface area contributed by atoms with Gasteiger partial charge >= 0.3 is 12.0 Å². The van der Waals surface area contributed by atoms with Crippen molar-refractivity contribution in [1.82, 2.24) is 10.2 Å². The summed E-state index contributed by atoms with van der Waals surface area (Å²) in [5, 5.41) is 13.4. The molecule has 0 saturated carbocycles. The van der Waals surface area contributed by atoms with E-state index >= 15 is 0 Å². The zero-order valence-electron chi connectivity index (χ0n) is 10.2. The van der Waals surface area contributed by atoms with Crippen LogP contribution in [0.15, 0.2) is 24.1 Å². The van der Waals surface area contributed by atoms with Crippen LogP contribution in [-0.4, -0.2) is 35.1 Å². The molecule has 98 valence electrons. The van der Waals surface area contributed by atoms with E-state index in [-0.39, 0.29) is 13.1 Å². The van der Waals surface area contributed by atoms with Crippen LogP contribution in [0, 0.1) is 6.92 Å². The highest BCUT2D eigenvalue weighted by Crippen LogP contribution is 2.14. The number of hydrogen-bond donors (Lipinski definition) is 2. The fraction of sp³-hybridized carbons (Fsp3) is 0.333. The average molecular weight is 268 g/mol. The van der Waals surface area contributed by atoms with E-state index in [0.717, 1.165) is 10.4 Å². The number of carbonyl (C=O) groups is 2. The monoisotopic (exact) mass is 268 g/mol. The Morgan fingerprint density at radius 1 is 1.61 bits per heavy atom. The van der Waals surface area contributed by atoms with E-state index in [0.29, 0.717) is 6.54 Å². The summed E-state index contributed by atoms with van der Waals surface area (Å²) < 4.78 is 0. The second-order valence-corrected chi connectivity index (χ2v) is 4.75. The lowest BCUT2D eigenvalue weighted by Crippen LogP contribution is -2.42. The van der Waals surface area contributed by atoms with Crippen LogP contribution in [-0.2, 0) is 11.3 Å². The van der Waals surface area contributed by atoms with Gasteiger partial charge < -0.3 is 15.3 Å². The minimum Gasteiger partial charge on any atom is -0.480 e. The fourth-order valence-corrected chi connectivity index (χ4v) is 2.24. The number of carbonyl (C=O) groups excluding carboxylic acids is 1. The van der Waals surface area contributed by atoms with Gasteiger partial charge in [-0.3, -0.25) is 4.79 Å². The van der Waals surface area contributed by atoms with Crippen LogP contribution in [0.2, 0.25) is 0 Å². The van der Waals surface area contributed by atoms with Gasteiger partial charge in [-0.15, -0.1) is 17.9 Å². The van der Waals surface area contributed by atoms with Gasteiger partial charge in [0.1, 0.15) is 6.54 Å². The number of aryl methyl sites for hydroxylation is 1. The third-order valence-electron chi connectivity index (χ3n) is 2.33. The minimum absolute atomic E-state index is 0.210. The van der Waals surface area contributed by atoms with Gasteiger partial charge in [-0.05, 0) is 23.9 Å². The van der Waals surface area contributed by atoms with Gasteiger partial charge in [-0.2, -0.15) is 0 Å². The van der Waals surface area contributed by atoms with Crippen molar-refractivity contribution < 1.29 is 14.7 Å². The number of carboxylic acids is 1. The van der Waals surface area contributed by atoms with Crippen LogP contribution in [0.5, 0.6) is 0 Å². The molecule has 5 nitrogen and oxygen atoms in total. The molecule has 18 heavy (non-hydrogen) atoms. The van der Waals surface area contributed by atoms with Crippen molar-refractivity contribution in [2.45, 2.75) is 13.5 Å². The molecule has 0 unspecified atom stereocenters. The highest BCUT2D eigenvalue weighted by atomic mass is 32.1. The minimum atomic E-state index is -1.04. The number of rotatable bonds is 6. The van der Waals surface area contributed by atoms with Crippen molar-refractivity contribution in [1.29, 1.82) is 0 Å². The molecule has 0 aliphatic rings. The standard InChI is InChI=1S/C12H16N2O3S/c1-3-5-14(8-11(15)16)12(17)13-7-10-9(2)4-6-18-10/h3-4,6H,1,5,7-8H2,2H3,(H,13,17)(H,15,16). The Kier molecular flexibility index (Phi) is 5.38. The van der Waals surface area contributed by atoms with E-state index < -0.39 is 12.0 Å². The summed E-state index contributed by atoms with van der Waals surface area (Å²) in [7, 11) is 0. The van der Waals surface area contributed by atoms with Gasteiger partial charge in [0.15, 0.2) is 0 Å². The topological polar surface area (TPSA) is 69.6 Å². The molecule has 2 N–H and O–H groups in total. The first-order valence-electron chi connectivity index (χ1n) is 5.43. The molecular weight excluding hydrogens is 252 g/mol. The Labute approximate surface area is 110 Å². The van der Waals surface area contributed by atoms with Gasteiger partial charge in [0.05, 0.1) is 6.54 Å². The Morgan fingerprint density at radius 2 is 2.33 bits per heavy atom. The van der Waals surface area contributed by atoms with E-state index in [4.69, 9.17) is 5.11 Å². The molecule has 2 amide bonds. The van der Waals surface area contributed by atoms with Gasteiger partial charge in [0, 0.05) is 11.4 Å². The van der Waals surface area contributed by atoms with Crippen molar-refractivity contribution in [2.24, 2.45) is 0 Å². The Balaban J connectivity index is 2.53. The lowest BCUT2D eigenvalue weighted by atomic mass is 10.3. The summed E-state index contributed by atoms with van der Waals surface area (Å²) in [6, 6.07) is 1.58. The van der Waals surface area contributed by atoms with Crippen molar-refractivity contribution in [3.05, 3.63) is 34.5 Å². The van der Waals surface area contributed by atoms with Crippen molar-refractivity contribution in [3.63, 3.8) is 0 Å². The Morgan fingerprint density at radius 3 is 2.83 bits per heavy atom. The molecule has 6 heteroatoms. The first-order valence-corrected chi connectivity index (χ1v) is 6.31. The molecule has 0 aliphatic heterocycles. The quantitative estimate of drug-likeness (QED) is 0.773. The summed E-state index contributed by atoms with van der Waals surface area (Å²) in [5.41, 5.74) is 1.12. The van der Waals surface area contributed by atoms with E-state index in [9.17, 15) is 9.59 Å². The normalized spacial score (nSPS) is 9.83. The summed E-state index contributed by atoms with van der Waals surface area (Å²) in [6.45, 7) is 5.76. The maximum absolute atomic E-state index is 11.8. The molecule has 1 aromatic heterocycles. The molecule has 1 aromatic rings. The zero-order valence-corrected chi connectivity index (χ0v) is 11.0. The molecule has 0 bridgehead atoms. The maximum Gasteiger partial charge on any atom is 0.323 e. The lowest BCUT2D eigenvalue weighted by Gasteiger charge is -2.19. The molecule has 0 fully saturated rings. The predicted molar refractivity (Wildman–Crippen MR) is 70.7 cm³/mol. The van der Waals surface area contributed by atoms with E-state index in [2.05, 4.69) is 11.9 Å². The number of hydrogen-bond acceptors (Lipinski definition) is 3. The number of urea groups is 1. The maximum atomic E-state index is 11.8. The van der Waals surface area contributed by atoms with Crippen LogP contribution < -0.4 is 5.32 Å². The number of aliphatic carboxylic acids is 1. The van der Waals surface area contributed by atoms with E-state index in [1.54, 1.807) is 11.3 Å².